The number of aromatic hydroxyl groups is 1. The molecule has 0 aliphatic carbocycles. The van der Waals surface area contributed by atoms with Crippen LogP contribution in [-0.2, 0) is 6.54 Å². The van der Waals surface area contributed by atoms with Crippen LogP contribution in [0.5, 0.6) is 11.5 Å². The highest BCUT2D eigenvalue weighted by molar-refractivity contribution is 5.44. The summed E-state index contributed by atoms with van der Waals surface area (Å²) in [7, 11) is 1.59. The SMILES string of the molecule is COc1ccc(CN2CCCC(Nc3cccc(F)c3)C2)c(O)c1. The van der Waals surface area contributed by atoms with Gasteiger partial charge in [-0.3, -0.25) is 4.90 Å². The van der Waals surface area contributed by atoms with Crippen LogP contribution in [-0.4, -0.2) is 36.2 Å². The van der Waals surface area contributed by atoms with Crippen LogP contribution in [0.4, 0.5) is 10.1 Å². The number of methoxy groups -OCH3 is 1. The minimum atomic E-state index is -0.226. The molecule has 0 saturated carbocycles. The number of piperidine rings is 1. The van der Waals surface area contributed by atoms with Crippen molar-refractivity contribution < 1.29 is 14.2 Å². The topological polar surface area (TPSA) is 44.7 Å². The second kappa shape index (κ2) is 7.53. The second-order valence-corrected chi connectivity index (χ2v) is 6.22. The van der Waals surface area contributed by atoms with Gasteiger partial charge in [-0.2, -0.15) is 0 Å². The van der Waals surface area contributed by atoms with Crippen molar-refractivity contribution in [3.63, 3.8) is 0 Å². The van der Waals surface area contributed by atoms with Crippen molar-refractivity contribution in [2.24, 2.45) is 0 Å². The zero-order valence-corrected chi connectivity index (χ0v) is 13.8. The highest BCUT2D eigenvalue weighted by Gasteiger charge is 2.20. The number of hydrogen-bond donors (Lipinski definition) is 2. The largest absolute Gasteiger partial charge is 0.507 e. The number of benzene rings is 2. The highest BCUT2D eigenvalue weighted by atomic mass is 19.1. The zero-order chi connectivity index (χ0) is 16.9. The number of hydrogen-bond acceptors (Lipinski definition) is 4. The smallest absolute Gasteiger partial charge is 0.125 e. The quantitative estimate of drug-likeness (QED) is 0.879. The molecule has 128 valence electrons. The van der Waals surface area contributed by atoms with Crippen molar-refractivity contribution in [1.29, 1.82) is 0 Å². The van der Waals surface area contributed by atoms with Gasteiger partial charge in [0.15, 0.2) is 0 Å². The lowest BCUT2D eigenvalue weighted by Crippen LogP contribution is -2.41. The van der Waals surface area contributed by atoms with E-state index >= 15 is 0 Å². The zero-order valence-electron chi connectivity index (χ0n) is 13.8. The number of rotatable bonds is 5. The summed E-state index contributed by atoms with van der Waals surface area (Å²) in [5, 5.41) is 13.5. The van der Waals surface area contributed by atoms with Crippen LogP contribution in [0.15, 0.2) is 42.5 Å². The maximum atomic E-state index is 13.3. The third kappa shape index (κ3) is 4.17. The molecule has 1 aliphatic heterocycles. The van der Waals surface area contributed by atoms with E-state index in [9.17, 15) is 9.50 Å². The van der Waals surface area contributed by atoms with Gasteiger partial charge >= 0.3 is 0 Å². The number of halogens is 1. The number of phenols is 1. The predicted octanol–water partition coefficient (Wildman–Crippen LogP) is 3.62. The van der Waals surface area contributed by atoms with Crippen LogP contribution in [0.1, 0.15) is 18.4 Å². The van der Waals surface area contributed by atoms with Crippen LogP contribution in [0, 0.1) is 5.82 Å². The molecule has 3 rings (SSSR count). The lowest BCUT2D eigenvalue weighted by molar-refractivity contribution is 0.206. The number of ether oxygens (including phenoxy) is 1. The van der Waals surface area contributed by atoms with E-state index in [-0.39, 0.29) is 17.6 Å². The van der Waals surface area contributed by atoms with Gasteiger partial charge in [0.25, 0.3) is 0 Å². The molecule has 1 fully saturated rings. The van der Waals surface area contributed by atoms with Crippen LogP contribution in [0.25, 0.3) is 0 Å². The summed E-state index contributed by atoms with van der Waals surface area (Å²) in [5.41, 5.74) is 1.70. The standard InChI is InChI=1S/C19H23FN2O2/c1-24-18-8-7-14(19(23)11-18)12-22-9-3-6-17(13-22)21-16-5-2-4-15(20)10-16/h2,4-5,7-8,10-11,17,21,23H,3,6,9,12-13H2,1H3. The maximum Gasteiger partial charge on any atom is 0.125 e. The molecule has 2 aromatic rings. The van der Waals surface area contributed by atoms with Crippen molar-refractivity contribution in [2.75, 3.05) is 25.5 Å². The first-order valence-corrected chi connectivity index (χ1v) is 8.24. The minimum absolute atomic E-state index is 0.226. The van der Waals surface area contributed by atoms with Crippen molar-refractivity contribution in [3.05, 3.63) is 53.8 Å². The van der Waals surface area contributed by atoms with E-state index in [1.807, 2.05) is 18.2 Å². The lowest BCUT2D eigenvalue weighted by atomic mass is 10.0. The molecule has 1 saturated heterocycles. The lowest BCUT2D eigenvalue weighted by Gasteiger charge is -2.33. The Hall–Kier alpha value is -2.27. The summed E-state index contributed by atoms with van der Waals surface area (Å²) < 4.78 is 18.4. The van der Waals surface area contributed by atoms with Gasteiger partial charge in [-0.25, -0.2) is 4.39 Å². The van der Waals surface area contributed by atoms with Crippen molar-refractivity contribution >= 4 is 5.69 Å². The van der Waals surface area contributed by atoms with Crippen molar-refractivity contribution in [2.45, 2.75) is 25.4 Å². The average molecular weight is 330 g/mol. The number of nitrogens with one attached hydrogen (secondary N) is 1. The van der Waals surface area contributed by atoms with Crippen molar-refractivity contribution in [3.8, 4) is 11.5 Å². The molecular formula is C19H23FN2O2. The van der Waals surface area contributed by atoms with Gasteiger partial charge in [-0.1, -0.05) is 12.1 Å². The molecule has 0 amide bonds. The van der Waals surface area contributed by atoms with Crippen molar-refractivity contribution in [1.82, 2.24) is 4.90 Å². The first kappa shape index (κ1) is 16.6. The predicted molar refractivity (Wildman–Crippen MR) is 93.0 cm³/mol. The van der Waals surface area contributed by atoms with E-state index in [0.29, 0.717) is 12.3 Å². The number of anilines is 1. The molecule has 1 unspecified atom stereocenters. The fraction of sp³-hybridized carbons (Fsp3) is 0.368. The summed E-state index contributed by atoms with van der Waals surface area (Å²) >= 11 is 0. The van der Waals surface area contributed by atoms with E-state index < -0.39 is 0 Å². The molecule has 1 atom stereocenters. The minimum Gasteiger partial charge on any atom is -0.507 e. The molecule has 4 nitrogen and oxygen atoms in total. The fourth-order valence-corrected chi connectivity index (χ4v) is 3.18. The Morgan fingerprint density at radius 3 is 2.92 bits per heavy atom. The van der Waals surface area contributed by atoms with Crippen LogP contribution in [0.2, 0.25) is 0 Å². The van der Waals surface area contributed by atoms with Crippen LogP contribution < -0.4 is 10.1 Å². The third-order valence-electron chi connectivity index (χ3n) is 4.39. The third-order valence-corrected chi connectivity index (χ3v) is 4.39. The van der Waals surface area contributed by atoms with Gasteiger partial charge in [0.2, 0.25) is 0 Å². The Morgan fingerprint density at radius 2 is 2.17 bits per heavy atom. The van der Waals surface area contributed by atoms with Gasteiger partial charge < -0.3 is 15.2 Å². The summed E-state index contributed by atoms with van der Waals surface area (Å²) in [5.74, 6) is 0.686. The normalized spacial score (nSPS) is 18.3. The Labute approximate surface area is 141 Å². The summed E-state index contributed by atoms with van der Waals surface area (Å²) in [4.78, 5) is 2.31. The van der Waals surface area contributed by atoms with Gasteiger partial charge in [-0.15, -0.1) is 0 Å². The van der Waals surface area contributed by atoms with E-state index in [4.69, 9.17) is 4.74 Å². The maximum absolute atomic E-state index is 13.3. The van der Waals surface area contributed by atoms with Gasteiger partial charge in [0, 0.05) is 36.4 Å². The van der Waals surface area contributed by atoms with Gasteiger partial charge in [-0.05, 0) is 43.7 Å². The second-order valence-electron chi connectivity index (χ2n) is 6.22. The Balaban J connectivity index is 1.61. The molecule has 1 aliphatic rings. The summed E-state index contributed by atoms with van der Waals surface area (Å²) in [6.07, 6.45) is 2.13. The van der Waals surface area contributed by atoms with Crippen LogP contribution >= 0.6 is 0 Å². The molecule has 1 heterocycles. The summed E-state index contributed by atoms with van der Waals surface area (Å²) in [6.45, 7) is 2.55. The monoisotopic (exact) mass is 330 g/mol. The van der Waals surface area contributed by atoms with Crippen LogP contribution in [0.3, 0.4) is 0 Å². The van der Waals surface area contributed by atoms with Gasteiger partial charge in [0.1, 0.15) is 17.3 Å². The molecule has 2 N–H and O–H groups in total. The molecule has 2 aromatic carbocycles. The molecule has 0 aromatic heterocycles. The van der Waals surface area contributed by atoms with Gasteiger partial charge in [0.05, 0.1) is 7.11 Å². The Kier molecular flexibility index (Phi) is 5.20. The molecule has 0 bridgehead atoms. The fourth-order valence-electron chi connectivity index (χ4n) is 3.18. The molecular weight excluding hydrogens is 307 g/mol. The highest BCUT2D eigenvalue weighted by Crippen LogP contribution is 2.26. The molecule has 0 spiro atoms. The Bertz CT molecular complexity index is 693. The first-order chi connectivity index (χ1) is 11.6. The Morgan fingerprint density at radius 1 is 1.29 bits per heavy atom. The van der Waals surface area contributed by atoms with E-state index in [1.165, 1.54) is 12.1 Å². The first-order valence-electron chi connectivity index (χ1n) is 8.24. The number of nitrogens with zero attached hydrogens (tertiary/aromatic N) is 1. The van der Waals surface area contributed by atoms with E-state index in [0.717, 1.165) is 37.2 Å². The number of phenolic OH excluding ortho intramolecular Hbond substituents is 1. The van der Waals surface area contributed by atoms with E-state index in [2.05, 4.69) is 10.2 Å². The van der Waals surface area contributed by atoms with E-state index in [1.54, 1.807) is 19.2 Å². The molecule has 24 heavy (non-hydrogen) atoms. The molecule has 5 heteroatoms. The summed E-state index contributed by atoms with van der Waals surface area (Å²) in [6, 6.07) is 12.3. The number of likely N-dealkylation sites (tertiary alicyclic amines) is 1. The average Bonchev–Trinajstić information content (AvgIpc) is 2.57. The molecule has 0 radical (unpaired) electrons.